The number of para-hydroxylation sites is 1. The predicted molar refractivity (Wildman–Crippen MR) is 184 cm³/mol. The van der Waals surface area contributed by atoms with Crippen LogP contribution in [0.1, 0.15) is 59.2 Å². The van der Waals surface area contributed by atoms with Gasteiger partial charge in [-0.15, -0.1) is 0 Å². The Morgan fingerprint density at radius 1 is 0.868 bits per heavy atom. The van der Waals surface area contributed by atoms with Gasteiger partial charge in [-0.25, -0.2) is 22.0 Å². The summed E-state index contributed by atoms with van der Waals surface area (Å²) in [7, 11) is 0. The largest absolute Gasteiger partial charge is 0.392 e. The molecule has 3 aliphatic rings. The van der Waals surface area contributed by atoms with Crippen molar-refractivity contribution >= 4 is 23.2 Å². The SMILES string of the molecule is CC1C(CN2CCC3(CC2)C(=O)NCN3c2ccccc2)OC(c2cccc(NC(=O)c3c(F)c(F)c(F)c(F)c3F)c2)OC1c1ccc(CO)cc1. The van der Waals surface area contributed by atoms with E-state index in [0.29, 0.717) is 44.7 Å². The van der Waals surface area contributed by atoms with Gasteiger partial charge in [0.25, 0.3) is 5.91 Å². The Morgan fingerprint density at radius 2 is 1.53 bits per heavy atom. The van der Waals surface area contributed by atoms with E-state index < -0.39 is 58.5 Å². The van der Waals surface area contributed by atoms with E-state index in [1.54, 1.807) is 18.2 Å². The molecule has 3 saturated heterocycles. The van der Waals surface area contributed by atoms with Crippen LogP contribution < -0.4 is 15.5 Å². The number of rotatable bonds is 8. The van der Waals surface area contributed by atoms with Crippen LogP contribution in [0.2, 0.25) is 0 Å². The van der Waals surface area contributed by atoms with Gasteiger partial charge in [0, 0.05) is 42.5 Å². The summed E-state index contributed by atoms with van der Waals surface area (Å²) in [5.74, 6) is -13.0. The molecule has 0 radical (unpaired) electrons. The normalized spacial score (nSPS) is 22.9. The Hall–Kier alpha value is -4.89. The maximum absolute atomic E-state index is 14.4. The molecule has 4 unspecified atom stereocenters. The molecule has 0 bridgehead atoms. The zero-order valence-electron chi connectivity index (χ0n) is 28.6. The highest BCUT2D eigenvalue weighted by molar-refractivity contribution is 6.04. The average molecular weight is 737 g/mol. The zero-order chi connectivity index (χ0) is 37.4. The summed E-state index contributed by atoms with van der Waals surface area (Å²) in [5.41, 5.74) is 0.687. The van der Waals surface area contributed by atoms with Gasteiger partial charge >= 0.3 is 0 Å². The Balaban J connectivity index is 1.12. The van der Waals surface area contributed by atoms with E-state index in [1.165, 1.54) is 18.2 Å². The lowest BCUT2D eigenvalue weighted by Crippen LogP contribution is -2.57. The molecule has 278 valence electrons. The molecule has 0 saturated carbocycles. The summed E-state index contributed by atoms with van der Waals surface area (Å²) in [6.45, 7) is 4.08. The first-order valence-electron chi connectivity index (χ1n) is 17.3. The highest BCUT2D eigenvalue weighted by atomic mass is 19.2. The first-order chi connectivity index (χ1) is 25.5. The van der Waals surface area contributed by atoms with E-state index >= 15 is 0 Å². The summed E-state index contributed by atoms with van der Waals surface area (Å²) < 4.78 is 83.1. The molecule has 7 rings (SSSR count). The average Bonchev–Trinajstić information content (AvgIpc) is 3.49. The van der Waals surface area contributed by atoms with Crippen LogP contribution in [0, 0.1) is 35.0 Å². The van der Waals surface area contributed by atoms with Crippen LogP contribution in [0.4, 0.5) is 33.3 Å². The molecule has 14 heteroatoms. The van der Waals surface area contributed by atoms with Crippen molar-refractivity contribution in [2.24, 2.45) is 5.92 Å². The third kappa shape index (κ3) is 6.87. The fraction of sp³-hybridized carbons (Fsp3) is 0.333. The lowest BCUT2D eigenvalue weighted by atomic mass is 9.84. The molecule has 53 heavy (non-hydrogen) atoms. The molecule has 4 atom stereocenters. The summed E-state index contributed by atoms with van der Waals surface area (Å²) in [4.78, 5) is 30.5. The molecule has 3 fully saturated rings. The Labute approximate surface area is 302 Å². The van der Waals surface area contributed by atoms with Crippen molar-refractivity contribution in [3.63, 3.8) is 0 Å². The number of carbonyl (C=O) groups excluding carboxylic acids is 2. The topological polar surface area (TPSA) is 103 Å². The number of piperidine rings is 1. The van der Waals surface area contributed by atoms with Crippen molar-refractivity contribution in [1.82, 2.24) is 10.2 Å². The number of aliphatic hydroxyl groups excluding tert-OH is 1. The number of amides is 2. The summed E-state index contributed by atoms with van der Waals surface area (Å²) >= 11 is 0. The van der Waals surface area contributed by atoms with Crippen LogP contribution in [0.25, 0.3) is 0 Å². The highest BCUT2D eigenvalue weighted by Crippen LogP contribution is 2.43. The second-order valence-electron chi connectivity index (χ2n) is 13.6. The second-order valence-corrected chi connectivity index (χ2v) is 13.6. The smallest absolute Gasteiger partial charge is 0.261 e. The lowest BCUT2D eigenvalue weighted by molar-refractivity contribution is -0.276. The van der Waals surface area contributed by atoms with Gasteiger partial charge in [-0.05, 0) is 48.2 Å². The van der Waals surface area contributed by atoms with E-state index in [-0.39, 0.29) is 30.2 Å². The van der Waals surface area contributed by atoms with Gasteiger partial charge < -0.3 is 35.0 Å². The number of anilines is 2. The van der Waals surface area contributed by atoms with Crippen molar-refractivity contribution in [3.05, 3.63) is 130 Å². The van der Waals surface area contributed by atoms with Gasteiger partial charge in [0.15, 0.2) is 29.6 Å². The molecule has 0 aliphatic carbocycles. The number of benzene rings is 4. The van der Waals surface area contributed by atoms with Crippen molar-refractivity contribution < 1.29 is 46.1 Å². The number of hydrogen-bond acceptors (Lipinski definition) is 7. The zero-order valence-corrected chi connectivity index (χ0v) is 28.6. The van der Waals surface area contributed by atoms with Crippen LogP contribution in [0.5, 0.6) is 0 Å². The fourth-order valence-electron chi connectivity index (χ4n) is 7.48. The van der Waals surface area contributed by atoms with Crippen molar-refractivity contribution in [2.45, 2.75) is 50.4 Å². The summed E-state index contributed by atoms with van der Waals surface area (Å²) in [6.07, 6.45) is -0.657. The van der Waals surface area contributed by atoms with Gasteiger partial charge in [-0.3, -0.25) is 9.59 Å². The minimum Gasteiger partial charge on any atom is -0.392 e. The Morgan fingerprint density at radius 3 is 2.19 bits per heavy atom. The van der Waals surface area contributed by atoms with Gasteiger partial charge in [0.05, 0.1) is 25.5 Å². The minimum absolute atomic E-state index is 0.00167. The van der Waals surface area contributed by atoms with Crippen LogP contribution in [-0.2, 0) is 20.9 Å². The predicted octanol–water partition coefficient (Wildman–Crippen LogP) is 6.35. The van der Waals surface area contributed by atoms with E-state index in [9.17, 15) is 36.6 Å². The number of nitrogens with one attached hydrogen (secondary N) is 2. The van der Waals surface area contributed by atoms with Crippen molar-refractivity contribution in [3.8, 4) is 0 Å². The molecular formula is C39H37F5N4O5. The van der Waals surface area contributed by atoms with Crippen LogP contribution >= 0.6 is 0 Å². The van der Waals surface area contributed by atoms with E-state index in [4.69, 9.17) is 9.47 Å². The van der Waals surface area contributed by atoms with Gasteiger partial charge in [0.1, 0.15) is 11.1 Å². The molecule has 4 aromatic rings. The number of likely N-dealkylation sites (tertiary alicyclic amines) is 1. The molecule has 2 amide bonds. The fourth-order valence-corrected chi connectivity index (χ4v) is 7.48. The third-order valence-corrected chi connectivity index (χ3v) is 10.5. The maximum Gasteiger partial charge on any atom is 0.261 e. The number of carbonyl (C=O) groups is 2. The standard InChI is InChI=1S/C39H37F5N4O5/c1-22-28(19-47-16-14-39(15-17-47)38(51)45-21-48(39)27-8-3-2-4-9-27)52-37(53-35(22)24-12-10-23(20-49)11-13-24)25-6-5-7-26(18-25)46-36(50)29-30(40)32(42)34(44)33(43)31(29)41/h2-13,18,22,28,35,37,49H,14-17,19-21H2,1H3,(H,45,51)(H,46,50). The van der Waals surface area contributed by atoms with E-state index in [0.717, 1.165) is 16.8 Å². The number of hydrogen-bond donors (Lipinski definition) is 3. The Kier molecular flexibility index (Phi) is 10.2. The molecular weight excluding hydrogens is 699 g/mol. The number of halogens is 5. The van der Waals surface area contributed by atoms with Crippen molar-refractivity contribution in [2.75, 3.05) is 36.5 Å². The lowest BCUT2D eigenvalue weighted by Gasteiger charge is -2.46. The maximum atomic E-state index is 14.4. The number of ether oxygens (including phenoxy) is 2. The number of aliphatic hydroxyl groups is 1. The molecule has 4 aromatic carbocycles. The van der Waals surface area contributed by atoms with Crippen LogP contribution in [-0.4, -0.2) is 59.8 Å². The highest BCUT2D eigenvalue weighted by Gasteiger charge is 2.51. The molecule has 3 aliphatic heterocycles. The van der Waals surface area contributed by atoms with Gasteiger partial charge in [-0.2, -0.15) is 0 Å². The van der Waals surface area contributed by atoms with E-state index in [1.807, 2.05) is 49.4 Å². The Bertz CT molecular complexity index is 1970. The molecule has 9 nitrogen and oxygen atoms in total. The van der Waals surface area contributed by atoms with E-state index in [2.05, 4.69) is 20.4 Å². The van der Waals surface area contributed by atoms with Gasteiger partial charge in [-0.1, -0.05) is 61.5 Å². The first kappa shape index (κ1) is 36.5. The monoisotopic (exact) mass is 736 g/mol. The molecule has 3 N–H and O–H groups in total. The van der Waals surface area contributed by atoms with Crippen LogP contribution in [0.3, 0.4) is 0 Å². The third-order valence-electron chi connectivity index (χ3n) is 10.5. The molecule has 1 spiro atoms. The summed E-state index contributed by atoms with van der Waals surface area (Å²) in [5, 5.41) is 14.8. The molecule has 3 heterocycles. The molecule has 0 aromatic heterocycles. The number of nitrogens with zero attached hydrogens (tertiary/aromatic N) is 2. The quantitative estimate of drug-likeness (QED) is 0.110. The van der Waals surface area contributed by atoms with Crippen LogP contribution in [0.15, 0.2) is 78.9 Å². The minimum atomic E-state index is -2.36. The van der Waals surface area contributed by atoms with Crippen molar-refractivity contribution in [1.29, 1.82) is 0 Å². The van der Waals surface area contributed by atoms with Gasteiger partial charge in [0.2, 0.25) is 11.7 Å². The summed E-state index contributed by atoms with van der Waals surface area (Å²) in [6, 6.07) is 23.2. The second kappa shape index (κ2) is 14.9. The first-order valence-corrected chi connectivity index (χ1v) is 17.3.